The molecule has 18 atom stereocenters. The summed E-state index contributed by atoms with van der Waals surface area (Å²) in [5.74, 6) is -11.4. The van der Waals surface area contributed by atoms with Crippen LogP contribution < -0.4 is 109 Å². The number of likely N-dealkylation sites (tertiary alicyclic amines) is 3. The van der Waals surface area contributed by atoms with Crippen molar-refractivity contribution in [3.63, 3.8) is 0 Å². The van der Waals surface area contributed by atoms with E-state index in [1.807, 2.05) is 56.8 Å². The number of benzene rings is 1. The molecule has 0 saturated carbocycles. The summed E-state index contributed by atoms with van der Waals surface area (Å²) in [6.45, 7) is 21.3. The van der Waals surface area contributed by atoms with Crippen molar-refractivity contribution in [2.45, 2.75) is 345 Å². The molecule has 139 heavy (non-hydrogen) atoms. The quantitative estimate of drug-likeness (QED) is 0.0308. The summed E-state index contributed by atoms with van der Waals surface area (Å²) in [7, 11) is 0. The maximum Gasteiger partial charge on any atom is 0.245 e. The van der Waals surface area contributed by atoms with Gasteiger partial charge in [0.1, 0.15) is 90.6 Å². The van der Waals surface area contributed by atoms with Crippen LogP contribution in [0.25, 0.3) is 10.9 Å². The third kappa shape index (κ3) is 35.8. The van der Waals surface area contributed by atoms with Gasteiger partial charge < -0.3 is 129 Å². The standard InChI is InChI=1S/C95H159N25O18S/c1-12-43-119-52-65-49-76(119)94(138)120-64(53-139-65)32-33-75(120)91(135)109-58(6)82(126)105-54(2)78(122)103-55(3)79(123)106-59(7)83(127)110-68(27-15-20-38-96)86(130)108-57(5)81(125)104-56(4)80(124)107-60(8)84(128)116-74(50-95(9,10)11)93(137)118-46-36-62(37-47-118)92(136)117-44-34-61(35-45-117)85(129)111-69(28-16-21-39-97)87(131)112-70(29-17-22-40-98)88(132)113-71(30-18-23-41-99)89(133)114-72(31-19-24-42-100)90(134)115-73(77(101)121)48-63-51-102-67-26-14-13-25-66(63)67/h13-14,25-26,51,54-62,64-65,68-76,102H,12,15-24,27-50,52-53,96-100H2,1-11H3,(H2,101,121)(H,103,122)(H,104,125)(H,105,126)(H,106,123)(H,107,124)(H,108,130)(H,109,135)(H,110,127)(H,111,129)(H,112,131)(H,113,132)(H,114,133)(H,115,134)(H,116,128)/t54-,55-,56-,57-,58-,59-,60-,64?,65+,68-,69-,70-,71-,72-,73-,74-,75-,76+/m0/s1. The minimum Gasteiger partial charge on any atom is -0.368 e. The van der Waals surface area contributed by atoms with Crippen molar-refractivity contribution in [3.8, 4) is 0 Å². The first-order valence-electron chi connectivity index (χ1n) is 49.9. The smallest absolute Gasteiger partial charge is 0.245 e. The van der Waals surface area contributed by atoms with Crippen molar-refractivity contribution in [3.05, 3.63) is 36.0 Å². The van der Waals surface area contributed by atoms with Gasteiger partial charge in [-0.05, 0) is 259 Å². The molecule has 0 aliphatic carbocycles. The van der Waals surface area contributed by atoms with Crippen molar-refractivity contribution in [1.82, 2.24) is 99.0 Å². The summed E-state index contributed by atoms with van der Waals surface area (Å²) in [6, 6.07) is -10.4. The molecule has 1 aromatic carbocycles. The zero-order valence-corrected chi connectivity index (χ0v) is 83.9. The van der Waals surface area contributed by atoms with Gasteiger partial charge in [0.05, 0.1) is 6.04 Å². The number of piperidine rings is 2. The molecule has 44 heteroatoms. The minimum atomic E-state index is -1.29. The first-order chi connectivity index (χ1) is 66.0. The summed E-state index contributed by atoms with van der Waals surface area (Å²) < 4.78 is 0. The molecule has 5 aliphatic heterocycles. The predicted octanol–water partition coefficient (Wildman–Crippen LogP) is -2.36. The Morgan fingerprint density at radius 1 is 0.432 bits per heavy atom. The van der Waals surface area contributed by atoms with Gasteiger partial charge in [-0.1, -0.05) is 45.9 Å². The van der Waals surface area contributed by atoms with Crippen LogP contribution in [0.1, 0.15) is 236 Å². The number of rotatable bonds is 56. The molecule has 1 aromatic heterocycles. The highest BCUT2D eigenvalue weighted by Gasteiger charge is 2.50. The van der Waals surface area contributed by atoms with E-state index in [0.717, 1.165) is 48.2 Å². The van der Waals surface area contributed by atoms with E-state index in [2.05, 4.69) is 91.2 Å². The number of aromatic amines is 1. The van der Waals surface area contributed by atoms with Crippen LogP contribution in [0.2, 0.25) is 0 Å². The van der Waals surface area contributed by atoms with Gasteiger partial charge in [0.25, 0.3) is 0 Å². The fourth-order valence-electron chi connectivity index (χ4n) is 18.1. The number of primary amides is 1. The first kappa shape index (κ1) is 115. The lowest BCUT2D eigenvalue weighted by Gasteiger charge is -2.38. The Labute approximate surface area is 820 Å². The summed E-state index contributed by atoms with van der Waals surface area (Å²) >= 11 is 1.84. The number of thioether (sulfide) groups is 1. The van der Waals surface area contributed by atoms with Gasteiger partial charge in [-0.2, -0.15) is 11.8 Å². The third-order valence-corrected chi connectivity index (χ3v) is 27.8. The van der Waals surface area contributed by atoms with Crippen molar-refractivity contribution < 1.29 is 86.3 Å². The molecule has 778 valence electrons. The van der Waals surface area contributed by atoms with Crippen LogP contribution in [0.4, 0.5) is 0 Å². The summed E-state index contributed by atoms with van der Waals surface area (Å²) in [5.41, 5.74) is 36.1. The van der Waals surface area contributed by atoms with E-state index in [1.165, 1.54) is 48.5 Å². The average Bonchev–Trinajstić information content (AvgIpc) is 1.62. The number of H-pyrrole nitrogens is 1. The number of carbonyl (C=O) groups is 18. The van der Waals surface area contributed by atoms with Gasteiger partial charge in [-0.3, -0.25) is 91.2 Å². The molecule has 5 saturated heterocycles. The highest BCUT2D eigenvalue weighted by atomic mass is 32.2. The number of carbonyl (C=O) groups excluding carboxylic acids is 18. The molecule has 43 nitrogen and oxygen atoms in total. The fraction of sp³-hybridized carbons (Fsp3) is 0.726. The average molecular weight is 1970 g/mol. The SMILES string of the molecule is CCCN1C[C@H]2C[C@@H]1C(=O)N1C(CC[C@H]1C(=O)N[C@@H](C)C(=O)N[C@@H](C)C(=O)N[C@@H](C)C(=O)N[C@@H](C)C(=O)N[C@@H](CCCCN)C(=O)N[C@@H](C)C(=O)N[C@@H](C)C(=O)N[C@@H](C)C(=O)N[C@@H](CC(C)(C)C)C(=O)N1CCC(C(=O)N3CCC(C(=O)N[C@@H](CCCCN)C(=O)N[C@@H](CCCCN)C(=O)N[C@@H](CCCCN)C(=O)N[C@@H](CCCCN)C(=O)N[C@@H](Cc4c[nH]c5ccccc45)C(N)=O)CC3)CC1)CS2. The molecule has 5 aliphatic rings. The molecular weight excluding hydrogens is 1810 g/mol. The van der Waals surface area contributed by atoms with E-state index < -0.39 is 202 Å². The molecule has 2 aromatic rings. The van der Waals surface area contributed by atoms with Crippen molar-refractivity contribution >= 4 is 129 Å². The predicted molar refractivity (Wildman–Crippen MR) is 525 cm³/mol. The molecule has 2 bridgehead atoms. The monoisotopic (exact) mass is 1970 g/mol. The van der Waals surface area contributed by atoms with E-state index in [0.29, 0.717) is 108 Å². The van der Waals surface area contributed by atoms with Crippen LogP contribution in [0, 0.1) is 17.3 Å². The normalized spacial score (nSPS) is 19.9. The summed E-state index contributed by atoms with van der Waals surface area (Å²) in [4.78, 5) is 261. The maximum atomic E-state index is 14.6. The lowest BCUT2D eigenvalue weighted by molar-refractivity contribution is -0.144. The number of aromatic nitrogens is 1. The van der Waals surface area contributed by atoms with Gasteiger partial charge in [-0.15, -0.1) is 0 Å². The molecule has 6 heterocycles. The lowest BCUT2D eigenvalue weighted by atomic mass is 9.86. The zero-order valence-electron chi connectivity index (χ0n) is 83.1. The van der Waals surface area contributed by atoms with Gasteiger partial charge >= 0.3 is 0 Å². The second-order valence-electron chi connectivity index (χ2n) is 39.1. The Morgan fingerprint density at radius 3 is 1.22 bits per heavy atom. The summed E-state index contributed by atoms with van der Waals surface area (Å²) in [6.07, 6.45) is 11.0. The van der Waals surface area contributed by atoms with Crippen LogP contribution in [-0.2, 0) is 92.7 Å². The van der Waals surface area contributed by atoms with Crippen LogP contribution in [0.15, 0.2) is 30.5 Å². The van der Waals surface area contributed by atoms with Crippen molar-refractivity contribution in [2.24, 2.45) is 51.7 Å². The molecular formula is C95H159N25O18S. The van der Waals surface area contributed by atoms with Crippen LogP contribution in [0.3, 0.4) is 0 Å². The molecule has 5 fully saturated rings. The highest BCUT2D eigenvalue weighted by molar-refractivity contribution is 8.00. The Balaban J connectivity index is 0.845. The maximum absolute atomic E-state index is 14.6. The fourth-order valence-corrected chi connectivity index (χ4v) is 19.6. The Kier molecular flexibility index (Phi) is 47.5. The largest absolute Gasteiger partial charge is 0.368 e. The number of unbranched alkanes of at least 4 members (excludes halogenated alkanes) is 5. The number of nitrogens with two attached hydrogens (primary N) is 6. The van der Waals surface area contributed by atoms with Crippen molar-refractivity contribution in [1.29, 1.82) is 0 Å². The molecule has 1 unspecified atom stereocenters. The summed E-state index contributed by atoms with van der Waals surface area (Å²) in [5, 5.41) is 38.8. The number of para-hydroxylation sites is 1. The Bertz CT molecular complexity index is 4480. The lowest BCUT2D eigenvalue weighted by Crippen LogP contribution is -2.59. The van der Waals surface area contributed by atoms with E-state index in [9.17, 15) is 86.3 Å². The van der Waals surface area contributed by atoms with E-state index >= 15 is 0 Å². The topological polar surface area (TPSA) is 661 Å². The second-order valence-corrected chi connectivity index (χ2v) is 40.4. The van der Waals surface area contributed by atoms with Crippen LogP contribution in [-0.4, -0.2) is 317 Å². The molecule has 0 spiro atoms. The third-order valence-electron chi connectivity index (χ3n) is 26.4. The minimum absolute atomic E-state index is 0.0611. The first-order valence-corrected chi connectivity index (χ1v) is 51.0. The Morgan fingerprint density at radius 2 is 0.799 bits per heavy atom. The number of nitrogens with one attached hydrogen (secondary N) is 15. The number of fused-ring (bicyclic) bond motifs is 4. The van der Waals surface area contributed by atoms with E-state index in [-0.39, 0.29) is 127 Å². The highest BCUT2D eigenvalue weighted by Crippen LogP contribution is 2.39. The Hall–Kier alpha value is -10.7. The zero-order chi connectivity index (χ0) is 102. The number of nitrogens with zero attached hydrogens (tertiary/aromatic N) is 4. The van der Waals surface area contributed by atoms with Gasteiger partial charge in [0, 0.05) is 85.1 Å². The van der Waals surface area contributed by atoms with Gasteiger partial charge in [0.15, 0.2) is 0 Å². The van der Waals surface area contributed by atoms with Gasteiger partial charge in [0.2, 0.25) is 106 Å². The number of hydrogen-bond donors (Lipinski definition) is 21. The van der Waals surface area contributed by atoms with E-state index in [4.69, 9.17) is 34.4 Å². The van der Waals surface area contributed by atoms with E-state index in [1.54, 1.807) is 20.9 Å². The van der Waals surface area contributed by atoms with Crippen molar-refractivity contribution in [2.75, 3.05) is 77.7 Å². The van der Waals surface area contributed by atoms with Crippen LogP contribution in [0.5, 0.6) is 0 Å². The molecule has 7 rings (SSSR count). The molecule has 27 N–H and O–H groups in total. The number of amides is 18. The second kappa shape index (κ2) is 57.3. The van der Waals surface area contributed by atoms with Gasteiger partial charge in [-0.25, -0.2) is 0 Å². The molecule has 0 radical (unpaired) electrons. The number of hydrogen-bond acceptors (Lipinski definition) is 25. The van der Waals surface area contributed by atoms with Crippen LogP contribution >= 0.6 is 11.8 Å². The molecule has 18 amide bonds.